The molecule has 0 saturated heterocycles. The van der Waals surface area contributed by atoms with Gasteiger partial charge < -0.3 is 18.5 Å². The number of fused-ring (bicyclic) bond motifs is 2. The van der Waals surface area contributed by atoms with Crippen molar-refractivity contribution in [1.82, 2.24) is 0 Å². The number of ether oxygens (including phenoxy) is 2. The third-order valence-electron chi connectivity index (χ3n) is 5.60. The Morgan fingerprint density at radius 1 is 0.806 bits per heavy atom. The summed E-state index contributed by atoms with van der Waals surface area (Å²) in [6, 6.07) is 14.9. The predicted octanol–water partition coefficient (Wildman–Crippen LogP) is 6.98. The van der Waals surface area contributed by atoms with E-state index >= 15 is 0 Å². The van der Waals surface area contributed by atoms with Crippen molar-refractivity contribution >= 4 is 37.6 Å². The fourth-order valence-electron chi connectivity index (χ4n) is 4.26. The van der Waals surface area contributed by atoms with Crippen molar-refractivity contribution < 1.29 is 27.7 Å². The van der Waals surface area contributed by atoms with Crippen molar-refractivity contribution in [2.75, 3.05) is 26.4 Å². The number of benzene rings is 3. The normalized spacial score (nSPS) is 12.2. The zero-order chi connectivity index (χ0) is 26.3. The van der Waals surface area contributed by atoms with E-state index in [2.05, 4.69) is 12.1 Å². The Labute approximate surface area is 212 Å². The first kappa shape index (κ1) is 27.9. The summed E-state index contributed by atoms with van der Waals surface area (Å²) in [7, 11) is -3.74. The van der Waals surface area contributed by atoms with Gasteiger partial charge in [-0.15, -0.1) is 0 Å². The Hall–Kier alpha value is -2.67. The summed E-state index contributed by atoms with van der Waals surface area (Å²) in [5, 5.41) is 22.4. The highest BCUT2D eigenvalue weighted by Crippen LogP contribution is 2.51. The second kappa shape index (κ2) is 12.0. The lowest BCUT2D eigenvalue weighted by Gasteiger charge is -2.27. The molecule has 0 aliphatic carbocycles. The molecule has 0 N–H and O–H groups in total. The number of rotatable bonds is 12. The first-order valence-electron chi connectivity index (χ1n) is 11.7. The first-order valence-corrected chi connectivity index (χ1v) is 14.2. The lowest BCUT2D eigenvalue weighted by atomic mass is 9.90. The summed E-state index contributed by atoms with van der Waals surface area (Å²) in [5.41, 5.74) is 0.348. The third kappa shape index (κ3) is 5.36. The maximum atomic E-state index is 13.1. The minimum Gasteiger partial charge on any atom is -0.337 e. The van der Waals surface area contributed by atoms with Crippen LogP contribution in [0.15, 0.2) is 36.4 Å². The van der Waals surface area contributed by atoms with Crippen molar-refractivity contribution in [3.05, 3.63) is 58.7 Å². The monoisotopic (exact) mass is 526 g/mol. The first-order chi connectivity index (χ1) is 17.4. The van der Waals surface area contributed by atoms with Gasteiger partial charge in [0.25, 0.3) is 5.53 Å². The van der Waals surface area contributed by atoms with E-state index in [1.165, 1.54) is 0 Å². The van der Waals surface area contributed by atoms with E-state index in [0.717, 1.165) is 0 Å². The summed E-state index contributed by atoms with van der Waals surface area (Å²) < 4.78 is 47.5. The molecule has 0 fully saturated rings. The van der Waals surface area contributed by atoms with Gasteiger partial charge in [-0.2, -0.15) is 10.5 Å². The van der Waals surface area contributed by atoms with Crippen LogP contribution in [0.4, 0.5) is 0 Å². The molecule has 10 heteroatoms. The highest BCUT2D eigenvalue weighted by Gasteiger charge is 2.36. The van der Waals surface area contributed by atoms with Crippen molar-refractivity contribution in [2.45, 2.75) is 39.4 Å². The lowest BCUT2D eigenvalue weighted by molar-refractivity contribution is -0.176. The van der Waals surface area contributed by atoms with Crippen LogP contribution in [0.3, 0.4) is 0 Å². The van der Waals surface area contributed by atoms with Gasteiger partial charge in [-0.05, 0) is 45.4 Å². The second-order valence-electron chi connectivity index (χ2n) is 7.76. The zero-order valence-corrected chi connectivity index (χ0v) is 22.5. The van der Waals surface area contributed by atoms with Gasteiger partial charge in [-0.1, -0.05) is 24.3 Å². The molecular formula is C26H28N2O6P2. The number of hydrogen-bond acceptors (Lipinski definition) is 8. The van der Waals surface area contributed by atoms with E-state index in [9.17, 15) is 19.7 Å². The summed E-state index contributed by atoms with van der Waals surface area (Å²) in [5.74, 6) is 0. The Bertz CT molecular complexity index is 1390. The average molecular weight is 526 g/mol. The lowest BCUT2D eigenvalue weighted by Crippen LogP contribution is -2.27. The van der Waals surface area contributed by atoms with Crippen LogP contribution in [0.1, 0.15) is 49.9 Å². The highest BCUT2D eigenvalue weighted by atomic mass is 31.2. The smallest absolute Gasteiger partial charge is 0.335 e. The molecule has 0 aromatic heterocycles. The van der Waals surface area contributed by atoms with E-state index in [0.29, 0.717) is 43.8 Å². The SMILES string of the molecule is CCOC(OCC)(P=O)c1ccc2c(C#N)c3cc(CP(=O)(OCC)OCC)ccc3c(C#N)c2c1. The van der Waals surface area contributed by atoms with Crippen LogP contribution >= 0.6 is 16.1 Å². The average Bonchev–Trinajstić information content (AvgIpc) is 2.86. The largest absolute Gasteiger partial charge is 0.337 e. The van der Waals surface area contributed by atoms with Gasteiger partial charge in [0.1, 0.15) is 12.1 Å². The number of hydrogen-bond donors (Lipinski definition) is 0. The standard InChI is InChI=1S/C26H28N2O6P2/c1-5-31-26(35-29,32-6-2)19-10-12-21-23(14-19)25(16-28)20-11-9-18(13-22(20)24(21)15-27)17-36(30,33-7-3)34-8-4/h9-14H,5-8,17H2,1-4H3. The molecule has 3 aromatic rings. The van der Waals surface area contributed by atoms with Crippen LogP contribution in [-0.4, -0.2) is 26.4 Å². The van der Waals surface area contributed by atoms with Crippen LogP contribution in [0.25, 0.3) is 21.5 Å². The molecule has 3 rings (SSSR count). The minimum absolute atomic E-state index is 0.0438. The molecule has 0 aliphatic heterocycles. The Morgan fingerprint density at radius 3 is 1.81 bits per heavy atom. The van der Waals surface area contributed by atoms with Crippen molar-refractivity contribution in [1.29, 1.82) is 10.5 Å². The van der Waals surface area contributed by atoms with E-state index in [1.807, 2.05) is 0 Å². The zero-order valence-electron chi connectivity index (χ0n) is 20.7. The van der Waals surface area contributed by atoms with Gasteiger partial charge >= 0.3 is 7.60 Å². The fraction of sp³-hybridized carbons (Fsp3) is 0.385. The summed E-state index contributed by atoms with van der Waals surface area (Å²) in [4.78, 5) is 0. The maximum Gasteiger partial charge on any atom is 0.335 e. The number of nitriles is 2. The molecule has 0 unspecified atom stereocenters. The van der Waals surface area contributed by atoms with Crippen LogP contribution < -0.4 is 0 Å². The highest BCUT2D eigenvalue weighted by molar-refractivity contribution is 7.53. The Kier molecular flexibility index (Phi) is 9.34. The summed E-state index contributed by atoms with van der Waals surface area (Å²) >= 11 is 0. The minimum atomic E-state index is -3.36. The van der Waals surface area contributed by atoms with Crippen LogP contribution in [-0.2, 0) is 39.3 Å². The van der Waals surface area contributed by atoms with E-state index < -0.39 is 13.1 Å². The van der Waals surface area contributed by atoms with Crippen molar-refractivity contribution in [3.63, 3.8) is 0 Å². The number of nitrogens with zero attached hydrogens (tertiary/aromatic N) is 2. The van der Waals surface area contributed by atoms with Gasteiger partial charge in [0.15, 0.2) is 0 Å². The van der Waals surface area contributed by atoms with Crippen LogP contribution in [0, 0.1) is 22.7 Å². The third-order valence-corrected chi connectivity index (χ3v) is 8.41. The fourth-order valence-corrected chi connectivity index (χ4v) is 6.56. The van der Waals surface area contributed by atoms with E-state index in [-0.39, 0.29) is 41.0 Å². The van der Waals surface area contributed by atoms with Gasteiger partial charge in [-0.25, -0.2) is 0 Å². The molecule has 36 heavy (non-hydrogen) atoms. The maximum absolute atomic E-state index is 13.1. The molecule has 0 radical (unpaired) electrons. The molecule has 3 aromatic carbocycles. The molecule has 8 nitrogen and oxygen atoms in total. The van der Waals surface area contributed by atoms with Gasteiger partial charge in [-0.3, -0.25) is 9.13 Å². The Balaban J connectivity index is 2.28. The molecular weight excluding hydrogens is 498 g/mol. The topological polar surface area (TPSA) is 119 Å². The molecule has 188 valence electrons. The van der Waals surface area contributed by atoms with Crippen molar-refractivity contribution in [3.8, 4) is 12.1 Å². The predicted molar refractivity (Wildman–Crippen MR) is 138 cm³/mol. The molecule has 0 saturated carbocycles. The quantitative estimate of drug-likeness (QED) is 0.141. The molecule has 0 aliphatic rings. The van der Waals surface area contributed by atoms with E-state index in [1.54, 1.807) is 64.1 Å². The van der Waals surface area contributed by atoms with E-state index in [4.69, 9.17) is 18.5 Å². The molecule has 0 amide bonds. The molecule has 0 atom stereocenters. The second-order valence-corrected chi connectivity index (χ2v) is 10.6. The van der Waals surface area contributed by atoms with Crippen molar-refractivity contribution in [2.24, 2.45) is 0 Å². The molecule has 0 bridgehead atoms. The van der Waals surface area contributed by atoms with Gasteiger partial charge in [0.05, 0.1) is 30.5 Å². The molecule has 0 spiro atoms. The Morgan fingerprint density at radius 2 is 1.33 bits per heavy atom. The molecule has 0 heterocycles. The van der Waals surface area contributed by atoms with Crippen LogP contribution in [0.2, 0.25) is 0 Å². The summed E-state index contributed by atoms with van der Waals surface area (Å²) in [6.07, 6.45) is 0.0438. The summed E-state index contributed by atoms with van der Waals surface area (Å²) in [6.45, 7) is 8.05. The van der Waals surface area contributed by atoms with Gasteiger partial charge in [0, 0.05) is 40.3 Å². The van der Waals surface area contributed by atoms with Gasteiger partial charge in [0.2, 0.25) is 8.46 Å². The van der Waals surface area contributed by atoms with Crippen LogP contribution in [0.5, 0.6) is 0 Å².